The van der Waals surface area contributed by atoms with E-state index in [-0.39, 0.29) is 0 Å². The molecule has 2 atom stereocenters. The van der Waals surface area contributed by atoms with Gasteiger partial charge in [-0.3, -0.25) is 0 Å². The molecular formula is C16H32N2. The number of rotatable bonds is 6. The lowest BCUT2D eigenvalue weighted by atomic mass is 9.85. The Morgan fingerprint density at radius 3 is 2.39 bits per heavy atom. The first kappa shape index (κ1) is 14.3. The van der Waals surface area contributed by atoms with Crippen LogP contribution in [0.5, 0.6) is 0 Å². The second-order valence-electron chi connectivity index (χ2n) is 6.60. The minimum atomic E-state index is 0.837. The zero-order valence-corrected chi connectivity index (χ0v) is 12.5. The quantitative estimate of drug-likeness (QED) is 0.729. The molecule has 2 aliphatic carbocycles. The van der Waals surface area contributed by atoms with Crippen molar-refractivity contribution >= 4 is 0 Å². The summed E-state index contributed by atoms with van der Waals surface area (Å²) in [7, 11) is 2.34. The van der Waals surface area contributed by atoms with Crippen LogP contribution in [0.2, 0.25) is 0 Å². The Balaban J connectivity index is 1.57. The average Bonchev–Trinajstić information content (AvgIpc) is 2.88. The van der Waals surface area contributed by atoms with Crippen LogP contribution in [0.4, 0.5) is 0 Å². The number of hydrogen-bond acceptors (Lipinski definition) is 2. The van der Waals surface area contributed by atoms with Crippen LogP contribution in [0.25, 0.3) is 0 Å². The van der Waals surface area contributed by atoms with E-state index in [9.17, 15) is 0 Å². The van der Waals surface area contributed by atoms with Gasteiger partial charge in [-0.2, -0.15) is 0 Å². The fourth-order valence-electron chi connectivity index (χ4n) is 3.88. The first-order valence-electron chi connectivity index (χ1n) is 8.21. The molecule has 0 aromatic heterocycles. The molecule has 0 amide bonds. The molecule has 2 unspecified atom stereocenters. The van der Waals surface area contributed by atoms with Crippen molar-refractivity contribution in [1.82, 2.24) is 10.2 Å². The Kier molecular flexibility index (Phi) is 5.97. The van der Waals surface area contributed by atoms with Gasteiger partial charge in [-0.05, 0) is 58.2 Å². The summed E-state index contributed by atoms with van der Waals surface area (Å²) in [5.41, 5.74) is 0. The highest BCUT2D eigenvalue weighted by Gasteiger charge is 2.24. The lowest BCUT2D eigenvalue weighted by molar-refractivity contribution is 0.138. The van der Waals surface area contributed by atoms with Crippen LogP contribution in [-0.4, -0.2) is 37.1 Å². The van der Waals surface area contributed by atoms with Gasteiger partial charge < -0.3 is 10.2 Å². The highest BCUT2D eigenvalue weighted by molar-refractivity contribution is 4.79. The van der Waals surface area contributed by atoms with Gasteiger partial charge in [0.1, 0.15) is 0 Å². The smallest absolute Gasteiger partial charge is 0.0118 e. The van der Waals surface area contributed by atoms with Gasteiger partial charge in [0.25, 0.3) is 0 Å². The van der Waals surface area contributed by atoms with Gasteiger partial charge in [-0.25, -0.2) is 0 Å². The summed E-state index contributed by atoms with van der Waals surface area (Å²) >= 11 is 0. The van der Waals surface area contributed by atoms with E-state index in [4.69, 9.17) is 0 Å². The zero-order valence-electron chi connectivity index (χ0n) is 12.5. The summed E-state index contributed by atoms with van der Waals surface area (Å²) in [5.74, 6) is 0.909. The highest BCUT2D eigenvalue weighted by atomic mass is 15.1. The molecule has 2 aliphatic rings. The normalized spacial score (nSPS) is 30.2. The fourth-order valence-corrected chi connectivity index (χ4v) is 3.88. The molecule has 2 heteroatoms. The highest BCUT2D eigenvalue weighted by Crippen LogP contribution is 2.27. The first-order valence-corrected chi connectivity index (χ1v) is 8.21. The van der Waals surface area contributed by atoms with Crippen molar-refractivity contribution in [2.75, 3.05) is 20.1 Å². The molecule has 0 aliphatic heterocycles. The Bertz CT molecular complexity index is 223. The van der Waals surface area contributed by atoms with Crippen LogP contribution < -0.4 is 5.32 Å². The van der Waals surface area contributed by atoms with Crippen LogP contribution in [0.1, 0.15) is 64.7 Å². The molecule has 2 fully saturated rings. The van der Waals surface area contributed by atoms with Crippen LogP contribution in [-0.2, 0) is 0 Å². The lowest BCUT2D eigenvalue weighted by Crippen LogP contribution is -2.40. The van der Waals surface area contributed by atoms with E-state index in [0.717, 1.165) is 18.0 Å². The molecule has 0 saturated heterocycles. The number of nitrogens with one attached hydrogen (secondary N) is 1. The minimum absolute atomic E-state index is 0.837. The lowest BCUT2D eigenvalue weighted by Gasteiger charge is -2.36. The van der Waals surface area contributed by atoms with Gasteiger partial charge in [0, 0.05) is 12.1 Å². The maximum absolute atomic E-state index is 3.72. The second kappa shape index (κ2) is 7.49. The number of hydrogen-bond donors (Lipinski definition) is 1. The maximum atomic E-state index is 3.72. The van der Waals surface area contributed by atoms with E-state index < -0.39 is 0 Å². The van der Waals surface area contributed by atoms with Gasteiger partial charge in [-0.15, -0.1) is 0 Å². The van der Waals surface area contributed by atoms with E-state index in [1.54, 1.807) is 0 Å². The Hall–Kier alpha value is -0.0800. The molecule has 0 aromatic carbocycles. The molecule has 18 heavy (non-hydrogen) atoms. The standard InChI is InChI=1S/C16H32N2/c1-14-8-3-6-11-16(14)18(2)13-7-12-17-15-9-4-5-10-15/h14-17H,3-13H2,1-2H3. The topological polar surface area (TPSA) is 15.3 Å². The third kappa shape index (κ3) is 4.24. The Morgan fingerprint density at radius 1 is 1.00 bits per heavy atom. The second-order valence-corrected chi connectivity index (χ2v) is 6.60. The van der Waals surface area contributed by atoms with E-state index >= 15 is 0 Å². The predicted octanol–water partition coefficient (Wildman–Crippen LogP) is 3.42. The van der Waals surface area contributed by atoms with Gasteiger partial charge in [0.05, 0.1) is 0 Å². The number of nitrogens with zero attached hydrogens (tertiary/aromatic N) is 1. The van der Waals surface area contributed by atoms with Crippen LogP contribution in [0, 0.1) is 5.92 Å². The molecule has 106 valence electrons. The summed E-state index contributed by atoms with van der Waals surface area (Å²) in [5, 5.41) is 3.72. The van der Waals surface area contributed by atoms with Crippen molar-refractivity contribution in [3.8, 4) is 0 Å². The van der Waals surface area contributed by atoms with Crippen LogP contribution >= 0.6 is 0 Å². The monoisotopic (exact) mass is 252 g/mol. The summed E-state index contributed by atoms with van der Waals surface area (Å²) in [6.07, 6.45) is 12.8. The van der Waals surface area contributed by atoms with Crippen molar-refractivity contribution in [2.45, 2.75) is 76.8 Å². The molecular weight excluding hydrogens is 220 g/mol. The van der Waals surface area contributed by atoms with Gasteiger partial charge >= 0.3 is 0 Å². The summed E-state index contributed by atoms with van der Waals surface area (Å²) in [4.78, 5) is 2.63. The fraction of sp³-hybridized carbons (Fsp3) is 1.00. The summed E-state index contributed by atoms with van der Waals surface area (Å²) < 4.78 is 0. The van der Waals surface area contributed by atoms with Crippen molar-refractivity contribution < 1.29 is 0 Å². The molecule has 2 nitrogen and oxygen atoms in total. The van der Waals surface area contributed by atoms with Crippen molar-refractivity contribution in [3.63, 3.8) is 0 Å². The molecule has 2 rings (SSSR count). The molecule has 1 N–H and O–H groups in total. The molecule has 0 heterocycles. The minimum Gasteiger partial charge on any atom is -0.314 e. The molecule has 0 spiro atoms. The SMILES string of the molecule is CC1CCCCC1N(C)CCCNC1CCCC1. The van der Waals surface area contributed by atoms with E-state index in [2.05, 4.69) is 24.2 Å². The van der Waals surface area contributed by atoms with E-state index in [1.807, 2.05) is 0 Å². The van der Waals surface area contributed by atoms with E-state index in [1.165, 1.54) is 70.9 Å². The Labute approximate surface area is 114 Å². The van der Waals surface area contributed by atoms with E-state index in [0.29, 0.717) is 0 Å². The largest absolute Gasteiger partial charge is 0.314 e. The third-order valence-electron chi connectivity index (χ3n) is 5.11. The average molecular weight is 252 g/mol. The zero-order chi connectivity index (χ0) is 12.8. The van der Waals surface area contributed by atoms with Crippen LogP contribution in [0.3, 0.4) is 0 Å². The maximum Gasteiger partial charge on any atom is 0.0118 e. The Morgan fingerprint density at radius 2 is 1.67 bits per heavy atom. The molecule has 0 bridgehead atoms. The van der Waals surface area contributed by atoms with Crippen molar-refractivity contribution in [2.24, 2.45) is 5.92 Å². The summed E-state index contributed by atoms with van der Waals surface area (Å²) in [6.45, 7) is 4.93. The van der Waals surface area contributed by atoms with Gasteiger partial charge in [0.15, 0.2) is 0 Å². The van der Waals surface area contributed by atoms with Crippen LogP contribution in [0.15, 0.2) is 0 Å². The van der Waals surface area contributed by atoms with Gasteiger partial charge in [-0.1, -0.05) is 32.6 Å². The van der Waals surface area contributed by atoms with Crippen molar-refractivity contribution in [3.05, 3.63) is 0 Å². The predicted molar refractivity (Wildman–Crippen MR) is 78.9 cm³/mol. The molecule has 0 aromatic rings. The third-order valence-corrected chi connectivity index (χ3v) is 5.11. The summed E-state index contributed by atoms with van der Waals surface area (Å²) in [6, 6.07) is 1.69. The first-order chi connectivity index (χ1) is 8.77. The van der Waals surface area contributed by atoms with Crippen molar-refractivity contribution in [1.29, 1.82) is 0 Å². The molecule has 2 saturated carbocycles. The van der Waals surface area contributed by atoms with Gasteiger partial charge in [0.2, 0.25) is 0 Å². The molecule has 0 radical (unpaired) electrons.